The number of aryl methyl sites for hydroxylation is 1. The molecule has 1 aromatic heterocycles. The molecule has 1 aliphatic heterocycles. The molecule has 0 radical (unpaired) electrons. The second kappa shape index (κ2) is 9.64. The quantitative estimate of drug-likeness (QED) is 0.451. The summed E-state index contributed by atoms with van der Waals surface area (Å²) in [6, 6.07) is 0. The molecule has 24 heavy (non-hydrogen) atoms. The van der Waals surface area contributed by atoms with Gasteiger partial charge in [0, 0.05) is 32.7 Å². The van der Waals surface area contributed by atoms with E-state index in [9.17, 15) is 0 Å². The molecule has 0 saturated carbocycles. The van der Waals surface area contributed by atoms with Crippen molar-refractivity contribution < 1.29 is 0 Å². The van der Waals surface area contributed by atoms with E-state index >= 15 is 0 Å². The van der Waals surface area contributed by atoms with Crippen molar-refractivity contribution >= 4 is 5.96 Å². The number of aromatic nitrogens is 3. The Bertz CT molecular complexity index is 480. The summed E-state index contributed by atoms with van der Waals surface area (Å²) in [7, 11) is 0. The van der Waals surface area contributed by atoms with Crippen LogP contribution in [0.2, 0.25) is 0 Å². The molecule has 1 N–H and O–H groups in total. The first-order valence-corrected chi connectivity index (χ1v) is 9.52. The van der Waals surface area contributed by atoms with Crippen molar-refractivity contribution in [3.8, 4) is 0 Å². The topological polar surface area (TPSA) is 58.3 Å². The second-order valence-corrected chi connectivity index (χ2v) is 7.23. The fraction of sp³-hybridized carbons (Fsp3) is 0.833. The Hall–Kier alpha value is -1.59. The maximum Gasteiger partial charge on any atom is 0.193 e. The van der Waals surface area contributed by atoms with Crippen molar-refractivity contribution in [1.29, 1.82) is 0 Å². The highest BCUT2D eigenvalue weighted by Crippen LogP contribution is 2.33. The van der Waals surface area contributed by atoms with Crippen LogP contribution in [-0.4, -0.2) is 51.8 Å². The molecule has 136 valence electrons. The monoisotopic (exact) mass is 334 g/mol. The van der Waals surface area contributed by atoms with E-state index in [1.54, 1.807) is 12.7 Å². The maximum absolute atomic E-state index is 4.87. The Morgan fingerprint density at radius 1 is 1.25 bits per heavy atom. The van der Waals surface area contributed by atoms with Crippen molar-refractivity contribution in [1.82, 2.24) is 25.0 Å². The first-order chi connectivity index (χ1) is 11.7. The molecule has 6 heteroatoms. The first kappa shape index (κ1) is 18.7. The number of hydrogen-bond acceptors (Lipinski definition) is 3. The van der Waals surface area contributed by atoms with E-state index in [-0.39, 0.29) is 0 Å². The van der Waals surface area contributed by atoms with Crippen LogP contribution < -0.4 is 5.32 Å². The van der Waals surface area contributed by atoms with Crippen LogP contribution in [0.15, 0.2) is 17.6 Å². The number of nitrogens with zero attached hydrogens (tertiary/aromatic N) is 5. The van der Waals surface area contributed by atoms with Gasteiger partial charge in [-0.1, -0.05) is 20.3 Å². The molecule has 0 amide bonds. The van der Waals surface area contributed by atoms with Gasteiger partial charge >= 0.3 is 0 Å². The number of nitrogens with one attached hydrogen (secondary N) is 1. The number of aliphatic imine (C=N–C) groups is 1. The lowest BCUT2D eigenvalue weighted by Gasteiger charge is -2.42. The lowest BCUT2D eigenvalue weighted by atomic mass is 9.78. The Kier molecular flexibility index (Phi) is 7.53. The minimum absolute atomic E-state index is 0.442. The van der Waals surface area contributed by atoms with Gasteiger partial charge in [-0.05, 0) is 44.4 Å². The van der Waals surface area contributed by atoms with E-state index < -0.39 is 0 Å². The largest absolute Gasteiger partial charge is 0.357 e. The molecule has 0 aliphatic carbocycles. The van der Waals surface area contributed by atoms with Crippen molar-refractivity contribution in [2.45, 2.75) is 65.8 Å². The van der Waals surface area contributed by atoms with E-state index in [4.69, 9.17) is 4.99 Å². The predicted octanol–water partition coefficient (Wildman–Crippen LogP) is 2.93. The highest BCUT2D eigenvalue weighted by Gasteiger charge is 2.31. The smallest absolute Gasteiger partial charge is 0.193 e. The van der Waals surface area contributed by atoms with Gasteiger partial charge in [0.15, 0.2) is 5.96 Å². The van der Waals surface area contributed by atoms with Crippen molar-refractivity contribution in [3.05, 3.63) is 12.7 Å². The van der Waals surface area contributed by atoms with Crippen molar-refractivity contribution in [2.75, 3.05) is 26.2 Å². The Morgan fingerprint density at radius 3 is 2.75 bits per heavy atom. The highest BCUT2D eigenvalue weighted by molar-refractivity contribution is 5.80. The Morgan fingerprint density at radius 2 is 2.04 bits per heavy atom. The van der Waals surface area contributed by atoms with Crippen LogP contribution in [0.5, 0.6) is 0 Å². The molecule has 0 aromatic carbocycles. The minimum Gasteiger partial charge on any atom is -0.357 e. The molecular weight excluding hydrogens is 300 g/mol. The van der Waals surface area contributed by atoms with E-state index in [1.165, 1.54) is 25.7 Å². The van der Waals surface area contributed by atoms with Crippen LogP contribution in [-0.2, 0) is 6.54 Å². The molecule has 2 heterocycles. The third-order valence-electron chi connectivity index (χ3n) is 4.82. The van der Waals surface area contributed by atoms with Gasteiger partial charge in [0.25, 0.3) is 0 Å². The zero-order valence-corrected chi connectivity index (χ0v) is 15.7. The number of likely N-dealkylation sites (tertiary alicyclic amines) is 1. The van der Waals surface area contributed by atoms with Crippen LogP contribution in [0, 0.1) is 5.41 Å². The summed E-state index contributed by atoms with van der Waals surface area (Å²) >= 11 is 0. The van der Waals surface area contributed by atoms with Gasteiger partial charge in [-0.3, -0.25) is 4.99 Å². The molecule has 1 saturated heterocycles. The van der Waals surface area contributed by atoms with Gasteiger partial charge in [-0.25, -0.2) is 0 Å². The minimum atomic E-state index is 0.442. The fourth-order valence-electron chi connectivity index (χ4n) is 3.66. The summed E-state index contributed by atoms with van der Waals surface area (Å²) < 4.78 is 2.02. The zero-order chi connectivity index (χ0) is 17.3. The summed E-state index contributed by atoms with van der Waals surface area (Å²) in [6.07, 6.45) is 10.9. The molecular formula is C18H34N6. The number of rotatable bonds is 8. The molecule has 1 aromatic rings. The van der Waals surface area contributed by atoms with Gasteiger partial charge in [0.05, 0.1) is 0 Å². The van der Waals surface area contributed by atoms with Gasteiger partial charge in [0.1, 0.15) is 12.7 Å². The molecule has 1 atom stereocenters. The average Bonchev–Trinajstić information content (AvgIpc) is 3.07. The summed E-state index contributed by atoms with van der Waals surface area (Å²) in [4.78, 5) is 7.35. The lowest BCUT2D eigenvalue weighted by molar-refractivity contribution is 0.142. The Balaban J connectivity index is 1.82. The maximum atomic E-state index is 4.87. The number of piperidine rings is 1. The van der Waals surface area contributed by atoms with Crippen LogP contribution in [0.3, 0.4) is 0 Å². The molecule has 0 bridgehead atoms. The molecule has 2 rings (SSSR count). The number of guanidine groups is 1. The average molecular weight is 335 g/mol. The van der Waals surface area contributed by atoms with E-state index in [0.29, 0.717) is 5.41 Å². The van der Waals surface area contributed by atoms with Crippen molar-refractivity contribution in [3.63, 3.8) is 0 Å². The van der Waals surface area contributed by atoms with Crippen LogP contribution in [0.4, 0.5) is 0 Å². The first-order valence-electron chi connectivity index (χ1n) is 9.52. The number of hydrogen-bond donors (Lipinski definition) is 1. The summed E-state index contributed by atoms with van der Waals surface area (Å²) in [5.74, 6) is 1.10. The molecule has 1 unspecified atom stereocenters. The Labute approximate surface area is 146 Å². The van der Waals surface area contributed by atoms with E-state index in [0.717, 1.165) is 51.5 Å². The van der Waals surface area contributed by atoms with E-state index in [2.05, 4.69) is 41.2 Å². The van der Waals surface area contributed by atoms with Crippen LogP contribution in [0.25, 0.3) is 0 Å². The zero-order valence-electron chi connectivity index (χ0n) is 15.7. The van der Waals surface area contributed by atoms with Crippen molar-refractivity contribution in [2.24, 2.45) is 10.4 Å². The summed E-state index contributed by atoms with van der Waals surface area (Å²) in [5, 5.41) is 11.2. The van der Waals surface area contributed by atoms with Crippen LogP contribution in [0.1, 0.15) is 59.3 Å². The fourth-order valence-corrected chi connectivity index (χ4v) is 3.66. The second-order valence-electron chi connectivity index (χ2n) is 7.23. The molecule has 0 spiro atoms. The van der Waals surface area contributed by atoms with E-state index in [1.807, 2.05) is 4.57 Å². The standard InChI is InChI=1S/C18H34N6/c1-4-9-18(3)10-8-13-24(14-18)17(19-5-2)20-11-6-7-12-23-15-21-22-16-23/h15-16H,4-14H2,1-3H3,(H,19,20). The third kappa shape index (κ3) is 5.80. The van der Waals surface area contributed by atoms with Gasteiger partial charge < -0.3 is 14.8 Å². The van der Waals surface area contributed by atoms with Gasteiger partial charge in [-0.15, -0.1) is 10.2 Å². The third-order valence-corrected chi connectivity index (χ3v) is 4.82. The molecule has 1 aliphatic rings. The lowest BCUT2D eigenvalue weighted by Crippen LogP contribution is -2.49. The molecule has 6 nitrogen and oxygen atoms in total. The molecule has 1 fully saturated rings. The summed E-state index contributed by atoms with van der Waals surface area (Å²) in [6.45, 7) is 11.9. The van der Waals surface area contributed by atoms with Gasteiger partial charge in [-0.2, -0.15) is 0 Å². The van der Waals surface area contributed by atoms with Gasteiger partial charge in [0.2, 0.25) is 0 Å². The normalized spacial score (nSPS) is 22.0. The predicted molar refractivity (Wildman–Crippen MR) is 99.1 cm³/mol. The summed E-state index contributed by atoms with van der Waals surface area (Å²) in [5.41, 5.74) is 0.442. The highest BCUT2D eigenvalue weighted by atomic mass is 15.3. The SMILES string of the molecule is CCCC1(C)CCCN(C(=NCCCCn2cnnc2)NCC)C1. The van der Waals surface area contributed by atoms with Crippen LogP contribution >= 0.6 is 0 Å². The number of unbranched alkanes of at least 4 members (excludes halogenated alkanes) is 1.